The van der Waals surface area contributed by atoms with E-state index in [1.54, 1.807) is 0 Å². The van der Waals surface area contributed by atoms with Gasteiger partial charge in [0, 0.05) is 35.1 Å². The fraction of sp³-hybridized carbons (Fsp3) is 0.286. The number of benzene rings is 1. The van der Waals surface area contributed by atoms with Crippen LogP contribution < -0.4 is 0 Å². The van der Waals surface area contributed by atoms with Gasteiger partial charge in [0.25, 0.3) is 0 Å². The standard InChI is InChI=1S/C14H13ClN2O2S/c15-11-4-2-1-3-9(11)7-17-6-5-12-10(8-17)13(16-19)14(18)20-12/h1-4,19H,5-8H2. The van der Waals surface area contributed by atoms with Crippen molar-refractivity contribution in [3.8, 4) is 0 Å². The second kappa shape index (κ2) is 5.60. The van der Waals surface area contributed by atoms with E-state index in [9.17, 15) is 4.79 Å². The van der Waals surface area contributed by atoms with Crippen molar-refractivity contribution >= 4 is 34.2 Å². The third kappa shape index (κ3) is 2.49. The van der Waals surface area contributed by atoms with Crippen LogP contribution in [0.4, 0.5) is 0 Å². The Hall–Kier alpha value is -1.30. The highest BCUT2D eigenvalue weighted by Crippen LogP contribution is 2.37. The van der Waals surface area contributed by atoms with Gasteiger partial charge >= 0.3 is 0 Å². The van der Waals surface area contributed by atoms with E-state index in [-0.39, 0.29) is 10.8 Å². The molecule has 20 heavy (non-hydrogen) atoms. The van der Waals surface area contributed by atoms with Crippen LogP contribution in [-0.2, 0) is 11.3 Å². The Labute approximate surface area is 126 Å². The molecule has 1 aromatic carbocycles. The van der Waals surface area contributed by atoms with E-state index in [2.05, 4.69) is 10.1 Å². The lowest BCUT2D eigenvalue weighted by Crippen LogP contribution is -2.32. The van der Waals surface area contributed by atoms with Gasteiger partial charge in [0.05, 0.1) is 0 Å². The summed E-state index contributed by atoms with van der Waals surface area (Å²) in [5.74, 6) is 0. The van der Waals surface area contributed by atoms with Crippen LogP contribution in [0.25, 0.3) is 0 Å². The van der Waals surface area contributed by atoms with Crippen molar-refractivity contribution < 1.29 is 10.0 Å². The largest absolute Gasteiger partial charge is 0.410 e. The molecule has 0 unspecified atom stereocenters. The van der Waals surface area contributed by atoms with Crippen LogP contribution in [0.15, 0.2) is 39.9 Å². The van der Waals surface area contributed by atoms with Crippen LogP contribution in [0, 0.1) is 0 Å². The Balaban J connectivity index is 1.77. The fourth-order valence-electron chi connectivity index (χ4n) is 2.51. The number of nitrogens with zero attached hydrogens (tertiary/aromatic N) is 2. The van der Waals surface area contributed by atoms with Crippen LogP contribution in [0.2, 0.25) is 5.02 Å². The van der Waals surface area contributed by atoms with E-state index in [1.807, 2.05) is 24.3 Å². The molecule has 6 heteroatoms. The maximum absolute atomic E-state index is 11.7. The van der Waals surface area contributed by atoms with Crippen LogP contribution in [0.3, 0.4) is 0 Å². The maximum Gasteiger partial charge on any atom is 0.245 e. The Bertz CT molecular complexity index is 627. The predicted molar refractivity (Wildman–Crippen MR) is 80.2 cm³/mol. The monoisotopic (exact) mass is 308 g/mol. The molecule has 1 aromatic rings. The highest BCUT2D eigenvalue weighted by atomic mass is 35.5. The van der Waals surface area contributed by atoms with E-state index in [4.69, 9.17) is 16.8 Å². The van der Waals surface area contributed by atoms with Crippen molar-refractivity contribution in [2.75, 3.05) is 13.1 Å². The SMILES string of the molecule is O=C1SC2=C(CN(Cc3ccccc3Cl)CC2)C1=NO. The molecule has 0 aliphatic carbocycles. The first-order valence-corrected chi connectivity index (χ1v) is 7.51. The topological polar surface area (TPSA) is 52.9 Å². The van der Waals surface area contributed by atoms with Gasteiger partial charge in [-0.15, -0.1) is 0 Å². The molecule has 1 N–H and O–H groups in total. The third-order valence-electron chi connectivity index (χ3n) is 3.52. The van der Waals surface area contributed by atoms with Crippen LogP contribution in [0.5, 0.6) is 0 Å². The fourth-order valence-corrected chi connectivity index (χ4v) is 3.67. The van der Waals surface area contributed by atoms with Gasteiger partial charge in [-0.3, -0.25) is 9.69 Å². The van der Waals surface area contributed by atoms with E-state index in [1.165, 1.54) is 11.8 Å². The normalized spacial score (nSPS) is 21.6. The van der Waals surface area contributed by atoms with E-state index in [0.29, 0.717) is 6.54 Å². The van der Waals surface area contributed by atoms with Gasteiger partial charge in [-0.25, -0.2) is 0 Å². The molecular formula is C14H13ClN2O2S. The molecule has 2 aliphatic rings. The summed E-state index contributed by atoms with van der Waals surface area (Å²) in [5.41, 5.74) is 2.13. The number of rotatable bonds is 2. The van der Waals surface area contributed by atoms with Crippen molar-refractivity contribution in [1.82, 2.24) is 4.90 Å². The Morgan fingerprint density at radius 1 is 1.40 bits per heavy atom. The lowest BCUT2D eigenvalue weighted by atomic mass is 10.0. The van der Waals surface area contributed by atoms with Crippen molar-refractivity contribution in [2.24, 2.45) is 5.16 Å². The van der Waals surface area contributed by atoms with E-state index < -0.39 is 0 Å². The summed E-state index contributed by atoms with van der Waals surface area (Å²) >= 11 is 7.36. The van der Waals surface area contributed by atoms with Gasteiger partial charge in [-0.05, 0) is 29.8 Å². The zero-order valence-corrected chi connectivity index (χ0v) is 12.2. The third-order valence-corrected chi connectivity index (χ3v) is 4.96. The molecule has 0 atom stereocenters. The molecule has 0 amide bonds. The summed E-state index contributed by atoms with van der Waals surface area (Å²) in [5, 5.41) is 12.7. The molecular weight excluding hydrogens is 296 g/mol. The van der Waals surface area contributed by atoms with Gasteiger partial charge in [0.15, 0.2) is 5.71 Å². The van der Waals surface area contributed by atoms with E-state index >= 15 is 0 Å². The number of hydrogen-bond acceptors (Lipinski definition) is 5. The molecule has 0 saturated carbocycles. The zero-order valence-electron chi connectivity index (χ0n) is 10.7. The first-order chi connectivity index (χ1) is 9.69. The van der Waals surface area contributed by atoms with Crippen LogP contribution >= 0.6 is 23.4 Å². The minimum atomic E-state index is -0.155. The smallest absolute Gasteiger partial charge is 0.245 e. The summed E-state index contributed by atoms with van der Waals surface area (Å²) in [6.45, 7) is 2.23. The van der Waals surface area contributed by atoms with Crippen molar-refractivity contribution in [1.29, 1.82) is 0 Å². The molecule has 4 nitrogen and oxygen atoms in total. The zero-order chi connectivity index (χ0) is 14.1. The number of halogens is 1. The highest BCUT2D eigenvalue weighted by molar-refractivity contribution is 8.19. The molecule has 0 bridgehead atoms. The molecule has 0 radical (unpaired) electrons. The van der Waals surface area contributed by atoms with Crippen LogP contribution in [-0.4, -0.2) is 34.0 Å². The summed E-state index contributed by atoms with van der Waals surface area (Å²) < 4.78 is 0. The molecule has 104 valence electrons. The Morgan fingerprint density at radius 3 is 2.95 bits per heavy atom. The molecule has 2 aliphatic heterocycles. The predicted octanol–water partition coefficient (Wildman–Crippen LogP) is 2.90. The average Bonchev–Trinajstić information content (AvgIpc) is 2.76. The maximum atomic E-state index is 11.7. The van der Waals surface area contributed by atoms with Crippen molar-refractivity contribution in [2.45, 2.75) is 13.0 Å². The van der Waals surface area contributed by atoms with Gasteiger partial charge in [-0.1, -0.05) is 35.0 Å². The second-order valence-corrected chi connectivity index (χ2v) is 6.27. The lowest BCUT2D eigenvalue weighted by molar-refractivity contribution is -0.105. The summed E-state index contributed by atoms with van der Waals surface area (Å²) in [4.78, 5) is 14.9. The lowest BCUT2D eigenvalue weighted by Gasteiger charge is -2.27. The molecule has 2 heterocycles. The minimum Gasteiger partial charge on any atom is -0.410 e. The molecule has 0 spiro atoms. The average molecular weight is 309 g/mol. The molecule has 0 saturated heterocycles. The summed E-state index contributed by atoms with van der Waals surface area (Å²) in [7, 11) is 0. The first kappa shape index (κ1) is 13.7. The van der Waals surface area contributed by atoms with Crippen molar-refractivity contribution in [3.63, 3.8) is 0 Å². The number of carbonyl (C=O) groups is 1. The summed E-state index contributed by atoms with van der Waals surface area (Å²) in [6.07, 6.45) is 0.815. The minimum absolute atomic E-state index is 0.155. The first-order valence-electron chi connectivity index (χ1n) is 6.31. The number of carbonyl (C=O) groups excluding carboxylic acids is 1. The quantitative estimate of drug-likeness (QED) is 0.674. The van der Waals surface area contributed by atoms with Gasteiger partial charge in [0.2, 0.25) is 5.12 Å². The number of hydrogen-bond donors (Lipinski definition) is 1. The molecule has 3 rings (SSSR count). The molecule has 0 aromatic heterocycles. The van der Waals surface area contributed by atoms with Gasteiger partial charge in [-0.2, -0.15) is 0 Å². The second-order valence-electron chi connectivity index (χ2n) is 4.79. The van der Waals surface area contributed by atoms with Crippen molar-refractivity contribution in [3.05, 3.63) is 45.3 Å². The summed E-state index contributed by atoms with van der Waals surface area (Å²) in [6, 6.07) is 7.75. The molecule has 0 fully saturated rings. The Kier molecular flexibility index (Phi) is 3.83. The number of oxime groups is 1. The Morgan fingerprint density at radius 2 is 2.20 bits per heavy atom. The van der Waals surface area contributed by atoms with Crippen LogP contribution in [0.1, 0.15) is 12.0 Å². The highest BCUT2D eigenvalue weighted by Gasteiger charge is 2.34. The van der Waals surface area contributed by atoms with Gasteiger partial charge < -0.3 is 5.21 Å². The van der Waals surface area contributed by atoms with E-state index in [0.717, 1.165) is 40.6 Å². The number of thioether (sulfide) groups is 1. The van der Waals surface area contributed by atoms with Gasteiger partial charge in [0.1, 0.15) is 0 Å².